The van der Waals surface area contributed by atoms with Gasteiger partial charge in [0.15, 0.2) is 0 Å². The van der Waals surface area contributed by atoms with Gasteiger partial charge >= 0.3 is 18.3 Å². The topological polar surface area (TPSA) is 80.7 Å². The van der Waals surface area contributed by atoms with Crippen LogP contribution in [0.3, 0.4) is 0 Å². The van der Waals surface area contributed by atoms with Crippen LogP contribution in [-0.4, -0.2) is 18.9 Å². The molecular weight excluding hydrogens is 358 g/mol. The average Bonchev–Trinajstić information content (AvgIpc) is 2.34. The first kappa shape index (κ1) is 19.0. The number of halogens is 6. The molecule has 0 fully saturated rings. The van der Waals surface area contributed by atoms with Gasteiger partial charge in [0, 0.05) is 6.08 Å². The van der Waals surface area contributed by atoms with Crippen LogP contribution >= 0.6 is 0 Å². The minimum Gasteiger partial charge on any atom is -0.423 e. The highest BCUT2D eigenvalue weighted by atomic mass is 32.2. The van der Waals surface area contributed by atoms with Crippen LogP contribution < -0.4 is 4.74 Å². The van der Waals surface area contributed by atoms with Crippen molar-refractivity contribution >= 4 is 16.1 Å². The Morgan fingerprint density at radius 1 is 1.09 bits per heavy atom. The van der Waals surface area contributed by atoms with Crippen molar-refractivity contribution in [2.75, 3.05) is 0 Å². The van der Waals surface area contributed by atoms with Crippen molar-refractivity contribution in [1.82, 2.24) is 0 Å². The Kier molecular flexibility index (Phi) is 4.82. The quantitative estimate of drug-likeness (QED) is 0.293. The minimum absolute atomic E-state index is 0.0408. The third-order valence-corrected chi connectivity index (χ3v) is 3.25. The lowest BCUT2D eigenvalue weighted by atomic mass is 10.1. The molecule has 0 aromatic heterocycles. The second kappa shape index (κ2) is 5.85. The Morgan fingerprint density at radius 2 is 1.57 bits per heavy atom. The Hall–Kier alpha value is -2.08. The Bertz CT molecular complexity index is 747. The third-order valence-electron chi connectivity index (χ3n) is 2.35. The van der Waals surface area contributed by atoms with Crippen molar-refractivity contribution < 1.29 is 48.8 Å². The lowest BCUT2D eigenvalue weighted by Gasteiger charge is -2.20. The predicted molar refractivity (Wildman–Crippen MR) is 62.1 cm³/mol. The molecule has 0 aliphatic heterocycles. The lowest BCUT2D eigenvalue weighted by molar-refractivity contribution is -0.165. The number of rotatable bonds is 3. The van der Waals surface area contributed by atoms with Gasteiger partial charge in [0.1, 0.15) is 16.2 Å². The third kappa shape index (κ3) is 4.22. The lowest BCUT2D eigenvalue weighted by Crippen LogP contribution is -2.22. The number of alkyl halides is 6. The molecule has 0 spiro atoms. The summed E-state index contributed by atoms with van der Waals surface area (Å²) in [6, 6.07) is 0.210. The summed E-state index contributed by atoms with van der Waals surface area (Å²) in [6.45, 7) is 2.86. The van der Waals surface area contributed by atoms with E-state index in [0.29, 0.717) is 6.08 Å². The van der Waals surface area contributed by atoms with Gasteiger partial charge in [-0.25, -0.2) is 4.79 Å². The van der Waals surface area contributed by atoms with Crippen molar-refractivity contribution in [1.29, 1.82) is 0 Å². The van der Waals surface area contributed by atoms with E-state index in [1.54, 1.807) is 0 Å². The molecule has 128 valence electrons. The molecule has 0 bridgehead atoms. The fourth-order valence-corrected chi connectivity index (χ4v) is 2.29. The highest BCUT2D eigenvalue weighted by Crippen LogP contribution is 2.47. The number of carbonyl (C=O) groups excluding carboxylic acids is 1. The maximum atomic E-state index is 13.0. The van der Waals surface area contributed by atoms with Crippen LogP contribution in [0.1, 0.15) is 11.1 Å². The van der Waals surface area contributed by atoms with Gasteiger partial charge < -0.3 is 4.74 Å². The molecule has 0 radical (unpaired) electrons. The summed E-state index contributed by atoms with van der Waals surface area (Å²) >= 11 is 0. The molecule has 0 saturated carbocycles. The van der Waals surface area contributed by atoms with Crippen LogP contribution in [-0.2, 0) is 27.3 Å². The van der Waals surface area contributed by atoms with E-state index in [0.717, 1.165) is 0 Å². The standard InChI is InChI=1S/C11H6F6O5S/c1-2-7(18)22-5-3-4-6(23(19,20)21)9(11(15,16)17)8(5)10(12,13)14/h2-4H,1H2,(H,19,20,21). The molecule has 1 aromatic carbocycles. The smallest absolute Gasteiger partial charge is 0.420 e. The van der Waals surface area contributed by atoms with Crippen molar-refractivity contribution in [3.8, 4) is 5.75 Å². The molecule has 0 aliphatic carbocycles. The Labute approximate surface area is 124 Å². The highest BCUT2D eigenvalue weighted by molar-refractivity contribution is 7.85. The summed E-state index contributed by atoms with van der Waals surface area (Å²) in [5.74, 6) is -3.08. The van der Waals surface area contributed by atoms with Gasteiger partial charge in [-0.1, -0.05) is 6.58 Å². The van der Waals surface area contributed by atoms with Gasteiger partial charge in [-0.05, 0) is 12.1 Å². The second-order valence-electron chi connectivity index (χ2n) is 3.91. The van der Waals surface area contributed by atoms with Gasteiger partial charge in [-0.2, -0.15) is 34.8 Å². The van der Waals surface area contributed by atoms with Gasteiger partial charge in [0.25, 0.3) is 10.1 Å². The molecule has 0 amide bonds. The minimum atomic E-state index is -5.81. The zero-order chi connectivity index (χ0) is 18.2. The summed E-state index contributed by atoms with van der Waals surface area (Å²) in [4.78, 5) is 8.93. The van der Waals surface area contributed by atoms with Gasteiger partial charge in [0.05, 0.1) is 5.56 Å². The molecule has 0 saturated heterocycles. The van der Waals surface area contributed by atoms with Crippen LogP contribution in [0.15, 0.2) is 29.7 Å². The number of benzene rings is 1. The normalized spacial score (nSPS) is 12.8. The first-order valence-corrected chi connectivity index (χ1v) is 6.76. The highest BCUT2D eigenvalue weighted by Gasteiger charge is 2.49. The first-order valence-electron chi connectivity index (χ1n) is 5.32. The SMILES string of the molecule is C=CC(=O)Oc1ccc(S(=O)(=O)O)c(C(F)(F)F)c1C(F)(F)F. The largest absolute Gasteiger partial charge is 0.423 e. The number of esters is 1. The van der Waals surface area contributed by atoms with Crippen LogP contribution in [0.5, 0.6) is 5.75 Å². The van der Waals surface area contributed by atoms with Gasteiger partial charge in [-0.15, -0.1) is 0 Å². The number of hydrogen-bond acceptors (Lipinski definition) is 4. The summed E-state index contributed by atoms with van der Waals surface area (Å²) in [7, 11) is -5.63. The Morgan fingerprint density at radius 3 is 1.91 bits per heavy atom. The van der Waals surface area contributed by atoms with Crippen LogP contribution in [0.4, 0.5) is 26.3 Å². The molecule has 1 N–H and O–H groups in total. The maximum absolute atomic E-state index is 13.0. The van der Waals surface area contributed by atoms with Crippen LogP contribution in [0.2, 0.25) is 0 Å². The molecule has 1 rings (SSSR count). The number of carbonyl (C=O) groups is 1. The molecule has 5 nitrogen and oxygen atoms in total. The van der Waals surface area contributed by atoms with Crippen molar-refractivity contribution in [2.24, 2.45) is 0 Å². The zero-order valence-corrected chi connectivity index (χ0v) is 11.5. The average molecular weight is 364 g/mol. The van der Waals surface area contributed by atoms with Crippen molar-refractivity contribution in [3.63, 3.8) is 0 Å². The summed E-state index contributed by atoms with van der Waals surface area (Å²) in [6.07, 6.45) is -11.2. The Balaban J connectivity index is 3.93. The van der Waals surface area contributed by atoms with E-state index in [4.69, 9.17) is 4.55 Å². The second-order valence-corrected chi connectivity index (χ2v) is 5.30. The zero-order valence-electron chi connectivity index (χ0n) is 10.7. The van der Waals surface area contributed by atoms with E-state index in [-0.39, 0.29) is 12.1 Å². The molecule has 0 heterocycles. The summed E-state index contributed by atoms with van der Waals surface area (Å²) in [5.41, 5.74) is -5.25. The maximum Gasteiger partial charge on any atom is 0.420 e. The monoisotopic (exact) mass is 364 g/mol. The van der Waals surface area contributed by atoms with Crippen molar-refractivity contribution in [2.45, 2.75) is 17.2 Å². The van der Waals surface area contributed by atoms with Crippen LogP contribution in [0.25, 0.3) is 0 Å². The summed E-state index contributed by atoms with van der Waals surface area (Å²) < 4.78 is 112. The molecule has 23 heavy (non-hydrogen) atoms. The molecule has 0 unspecified atom stereocenters. The summed E-state index contributed by atoms with van der Waals surface area (Å²) in [5, 5.41) is 0. The van der Waals surface area contributed by atoms with E-state index in [1.165, 1.54) is 0 Å². The molecule has 12 heteroatoms. The molecule has 0 atom stereocenters. The first-order chi connectivity index (χ1) is 10.2. The number of ether oxygens (including phenoxy) is 1. The van der Waals surface area contributed by atoms with Crippen molar-refractivity contribution in [3.05, 3.63) is 35.9 Å². The fourth-order valence-electron chi connectivity index (χ4n) is 1.58. The van der Waals surface area contributed by atoms with Crippen LogP contribution in [0, 0.1) is 0 Å². The fraction of sp³-hybridized carbons (Fsp3) is 0.182. The van der Waals surface area contributed by atoms with E-state index in [2.05, 4.69) is 11.3 Å². The molecule has 0 aliphatic rings. The molecular formula is C11H6F6O5S. The van der Waals surface area contributed by atoms with E-state index in [9.17, 15) is 39.6 Å². The van der Waals surface area contributed by atoms with Gasteiger partial charge in [0.2, 0.25) is 0 Å². The number of hydrogen-bond donors (Lipinski definition) is 1. The van der Waals surface area contributed by atoms with E-state index < -0.39 is 50.2 Å². The predicted octanol–water partition coefficient (Wildman–Crippen LogP) is 3.06. The van der Waals surface area contributed by atoms with E-state index >= 15 is 0 Å². The molecule has 1 aromatic rings. The van der Waals surface area contributed by atoms with Gasteiger partial charge in [-0.3, -0.25) is 4.55 Å². The van der Waals surface area contributed by atoms with E-state index in [1.807, 2.05) is 0 Å².